The Kier molecular flexibility index (Phi) is 4.49. The molecule has 0 bridgehead atoms. The van der Waals surface area contributed by atoms with E-state index in [1.165, 1.54) is 0 Å². The maximum atomic E-state index is 13.4. The van der Waals surface area contributed by atoms with Crippen molar-refractivity contribution < 1.29 is 17.6 Å². The first-order chi connectivity index (χ1) is 9.56. The highest BCUT2D eigenvalue weighted by atomic mass is 19.2. The predicted molar refractivity (Wildman–Crippen MR) is 69.9 cm³/mol. The van der Waals surface area contributed by atoms with Crippen LogP contribution in [-0.2, 0) is 6.42 Å². The largest absolute Gasteiger partial charge is 0.464 e. The quantitative estimate of drug-likeness (QED) is 0.840. The molecule has 108 valence electrons. The van der Waals surface area contributed by atoms with Crippen LogP contribution in [0, 0.1) is 17.5 Å². The number of rotatable bonds is 5. The zero-order valence-electron chi connectivity index (χ0n) is 11.3. The van der Waals surface area contributed by atoms with Crippen LogP contribution in [0.4, 0.5) is 13.2 Å². The third kappa shape index (κ3) is 2.88. The van der Waals surface area contributed by atoms with Crippen molar-refractivity contribution in [2.24, 2.45) is 0 Å². The molecule has 5 heteroatoms. The van der Waals surface area contributed by atoms with Crippen molar-refractivity contribution in [3.8, 4) is 0 Å². The lowest BCUT2D eigenvalue weighted by atomic mass is 10.0. The predicted octanol–water partition coefficient (Wildman–Crippen LogP) is 3.96. The molecule has 0 aliphatic heterocycles. The first-order valence-electron chi connectivity index (χ1n) is 6.53. The summed E-state index contributed by atoms with van der Waals surface area (Å²) in [5.41, 5.74) is 0.292. The number of aryl methyl sites for hydroxylation is 1. The Bertz CT molecular complexity index is 572. The molecule has 0 aliphatic rings. The highest BCUT2D eigenvalue weighted by molar-refractivity contribution is 5.29. The highest BCUT2D eigenvalue weighted by Crippen LogP contribution is 2.26. The van der Waals surface area contributed by atoms with Gasteiger partial charge >= 0.3 is 0 Å². The Morgan fingerprint density at radius 3 is 2.25 bits per heavy atom. The van der Waals surface area contributed by atoms with Gasteiger partial charge in [-0.3, -0.25) is 0 Å². The van der Waals surface area contributed by atoms with Gasteiger partial charge in [0.25, 0.3) is 0 Å². The molecule has 20 heavy (non-hydrogen) atoms. The molecule has 1 unspecified atom stereocenters. The van der Waals surface area contributed by atoms with Crippen LogP contribution < -0.4 is 5.32 Å². The van der Waals surface area contributed by atoms with E-state index in [0.29, 0.717) is 17.9 Å². The molecule has 0 spiro atoms. The van der Waals surface area contributed by atoms with Gasteiger partial charge < -0.3 is 9.73 Å². The Balaban J connectivity index is 2.42. The standard InChI is InChI=1S/C15H16F3NO/c1-3-10-5-6-13(20-10)15(19-4-2)9-7-11(16)14(18)12(17)8-9/h5-8,15,19H,3-4H2,1-2H3. The van der Waals surface area contributed by atoms with E-state index in [1.807, 2.05) is 19.9 Å². The van der Waals surface area contributed by atoms with Crippen molar-refractivity contribution in [3.63, 3.8) is 0 Å². The van der Waals surface area contributed by atoms with E-state index in [0.717, 1.165) is 24.3 Å². The maximum Gasteiger partial charge on any atom is 0.194 e. The Hall–Kier alpha value is -1.75. The smallest absolute Gasteiger partial charge is 0.194 e. The number of nitrogens with one attached hydrogen (secondary N) is 1. The van der Waals surface area contributed by atoms with Crippen LogP contribution in [-0.4, -0.2) is 6.54 Å². The molecule has 2 nitrogen and oxygen atoms in total. The van der Waals surface area contributed by atoms with Crippen LogP contribution in [0.15, 0.2) is 28.7 Å². The van der Waals surface area contributed by atoms with E-state index >= 15 is 0 Å². The summed E-state index contributed by atoms with van der Waals surface area (Å²) >= 11 is 0. The third-order valence-electron chi connectivity index (χ3n) is 3.06. The molecule has 1 aromatic carbocycles. The average molecular weight is 283 g/mol. The number of halogens is 3. The SMILES string of the molecule is CCNC(c1cc(F)c(F)c(F)c1)c1ccc(CC)o1. The molecule has 0 fully saturated rings. The first kappa shape index (κ1) is 14.7. The molecule has 2 rings (SSSR count). The lowest BCUT2D eigenvalue weighted by molar-refractivity contribution is 0.416. The van der Waals surface area contributed by atoms with E-state index in [4.69, 9.17) is 4.42 Å². The summed E-state index contributed by atoms with van der Waals surface area (Å²) in [6.07, 6.45) is 0.727. The molecule has 0 aliphatic carbocycles. The van der Waals surface area contributed by atoms with E-state index in [9.17, 15) is 13.2 Å². The van der Waals surface area contributed by atoms with Crippen molar-refractivity contribution >= 4 is 0 Å². The van der Waals surface area contributed by atoms with E-state index in [2.05, 4.69) is 5.32 Å². The summed E-state index contributed by atoms with van der Waals surface area (Å²) in [5, 5.41) is 3.08. The van der Waals surface area contributed by atoms with E-state index in [-0.39, 0.29) is 0 Å². The van der Waals surface area contributed by atoms with E-state index in [1.54, 1.807) is 6.07 Å². The minimum Gasteiger partial charge on any atom is -0.464 e. The van der Waals surface area contributed by atoms with Crippen LogP contribution in [0.2, 0.25) is 0 Å². The Morgan fingerprint density at radius 2 is 1.75 bits per heavy atom. The van der Waals surface area contributed by atoms with Gasteiger partial charge in [-0.1, -0.05) is 13.8 Å². The van der Waals surface area contributed by atoms with Crippen molar-refractivity contribution in [2.75, 3.05) is 6.54 Å². The second-order valence-corrected chi connectivity index (χ2v) is 4.45. The monoisotopic (exact) mass is 283 g/mol. The molecular weight excluding hydrogens is 267 g/mol. The van der Waals surface area contributed by atoms with Gasteiger partial charge in [-0.15, -0.1) is 0 Å². The van der Waals surface area contributed by atoms with Gasteiger partial charge in [0.2, 0.25) is 0 Å². The zero-order chi connectivity index (χ0) is 14.7. The first-order valence-corrected chi connectivity index (χ1v) is 6.53. The molecule has 0 saturated carbocycles. The molecule has 0 radical (unpaired) electrons. The topological polar surface area (TPSA) is 25.2 Å². The average Bonchev–Trinajstić information content (AvgIpc) is 2.90. The molecule has 2 aromatic rings. The van der Waals surface area contributed by atoms with Crippen LogP contribution in [0.1, 0.15) is 37.0 Å². The van der Waals surface area contributed by atoms with Crippen LogP contribution in [0.25, 0.3) is 0 Å². The highest BCUT2D eigenvalue weighted by Gasteiger charge is 2.20. The molecule has 0 amide bonds. The maximum absolute atomic E-state index is 13.4. The van der Waals surface area contributed by atoms with Gasteiger partial charge in [0, 0.05) is 6.42 Å². The summed E-state index contributed by atoms with van der Waals surface area (Å²) in [5.74, 6) is -2.53. The fourth-order valence-corrected chi connectivity index (χ4v) is 2.07. The number of hydrogen-bond acceptors (Lipinski definition) is 2. The van der Waals surface area contributed by atoms with Crippen molar-refractivity contribution in [1.82, 2.24) is 5.32 Å². The summed E-state index contributed by atoms with van der Waals surface area (Å²) in [6, 6.07) is 5.03. The molecule has 1 aromatic heterocycles. The van der Waals surface area contributed by atoms with Gasteiger partial charge in [-0.25, -0.2) is 13.2 Å². The molecule has 1 atom stereocenters. The van der Waals surface area contributed by atoms with E-state index < -0.39 is 23.5 Å². The lowest BCUT2D eigenvalue weighted by Crippen LogP contribution is -2.22. The van der Waals surface area contributed by atoms with Crippen LogP contribution in [0.5, 0.6) is 0 Å². The molecule has 0 saturated heterocycles. The van der Waals surface area contributed by atoms with Crippen LogP contribution >= 0.6 is 0 Å². The van der Waals surface area contributed by atoms with Crippen LogP contribution in [0.3, 0.4) is 0 Å². The fourth-order valence-electron chi connectivity index (χ4n) is 2.07. The van der Waals surface area contributed by atoms with Gasteiger partial charge in [-0.05, 0) is 36.4 Å². The van der Waals surface area contributed by atoms with Gasteiger partial charge in [0.15, 0.2) is 17.5 Å². The lowest BCUT2D eigenvalue weighted by Gasteiger charge is -2.16. The van der Waals surface area contributed by atoms with Crippen molar-refractivity contribution in [2.45, 2.75) is 26.3 Å². The summed E-state index contributed by atoms with van der Waals surface area (Å²) in [7, 11) is 0. The minimum absolute atomic E-state index is 0.292. The van der Waals surface area contributed by atoms with Crippen molar-refractivity contribution in [3.05, 3.63) is 58.8 Å². The molecular formula is C15H16F3NO. The minimum atomic E-state index is -1.46. The summed E-state index contributed by atoms with van der Waals surface area (Å²) in [6.45, 7) is 4.39. The van der Waals surface area contributed by atoms with Gasteiger partial charge in [-0.2, -0.15) is 0 Å². The number of benzene rings is 1. The summed E-state index contributed by atoms with van der Waals surface area (Å²) < 4.78 is 45.3. The van der Waals surface area contributed by atoms with Gasteiger partial charge in [0.1, 0.15) is 11.5 Å². The molecule has 1 heterocycles. The fraction of sp³-hybridized carbons (Fsp3) is 0.333. The Labute approximate surface area is 115 Å². The van der Waals surface area contributed by atoms with Gasteiger partial charge in [0.05, 0.1) is 6.04 Å². The Morgan fingerprint density at radius 1 is 1.10 bits per heavy atom. The summed E-state index contributed by atoms with van der Waals surface area (Å²) in [4.78, 5) is 0. The second kappa shape index (κ2) is 6.13. The number of hydrogen-bond donors (Lipinski definition) is 1. The normalized spacial score (nSPS) is 12.7. The third-order valence-corrected chi connectivity index (χ3v) is 3.06. The molecule has 1 N–H and O–H groups in total. The zero-order valence-corrected chi connectivity index (χ0v) is 11.3. The number of furan rings is 1. The van der Waals surface area contributed by atoms with Crippen molar-refractivity contribution in [1.29, 1.82) is 0 Å². The second-order valence-electron chi connectivity index (χ2n) is 4.45.